The standard InChI is InChI=1S/C10H11N3O2/c1-6(2)7-3-8(10(14)15)13-9(4-7)11-5-12-13/h3-6H,1-2H3,(H,14,15). The minimum atomic E-state index is -0.993. The molecule has 0 bridgehead atoms. The third-order valence-corrected chi connectivity index (χ3v) is 2.29. The van der Waals surface area contributed by atoms with E-state index in [1.165, 1.54) is 10.8 Å². The van der Waals surface area contributed by atoms with Crippen LogP contribution in [0.4, 0.5) is 0 Å². The van der Waals surface area contributed by atoms with Crippen molar-refractivity contribution in [3.63, 3.8) is 0 Å². The van der Waals surface area contributed by atoms with Crippen LogP contribution < -0.4 is 0 Å². The number of hydrogen-bond acceptors (Lipinski definition) is 3. The third-order valence-electron chi connectivity index (χ3n) is 2.29. The van der Waals surface area contributed by atoms with Gasteiger partial charge in [0.05, 0.1) is 0 Å². The predicted octanol–water partition coefficient (Wildman–Crippen LogP) is 1.55. The van der Waals surface area contributed by atoms with E-state index in [1.807, 2.05) is 19.9 Å². The van der Waals surface area contributed by atoms with Crippen LogP contribution in [0.1, 0.15) is 35.8 Å². The van der Waals surface area contributed by atoms with E-state index < -0.39 is 5.97 Å². The van der Waals surface area contributed by atoms with Crippen molar-refractivity contribution < 1.29 is 9.90 Å². The summed E-state index contributed by atoms with van der Waals surface area (Å²) < 4.78 is 1.33. The molecule has 0 saturated heterocycles. The molecular formula is C10H11N3O2. The zero-order chi connectivity index (χ0) is 11.0. The summed E-state index contributed by atoms with van der Waals surface area (Å²) in [7, 11) is 0. The highest BCUT2D eigenvalue weighted by Gasteiger charge is 2.13. The highest BCUT2D eigenvalue weighted by atomic mass is 16.4. The number of aromatic nitrogens is 3. The summed E-state index contributed by atoms with van der Waals surface area (Å²) in [6, 6.07) is 3.48. The highest BCUT2D eigenvalue weighted by molar-refractivity contribution is 5.86. The molecule has 2 rings (SSSR count). The Kier molecular flexibility index (Phi) is 2.15. The number of rotatable bonds is 2. The van der Waals surface area contributed by atoms with Crippen LogP contribution in [0, 0.1) is 0 Å². The van der Waals surface area contributed by atoms with Gasteiger partial charge >= 0.3 is 5.97 Å². The monoisotopic (exact) mass is 205 g/mol. The number of carbonyl (C=O) groups is 1. The van der Waals surface area contributed by atoms with Gasteiger partial charge in [-0.25, -0.2) is 14.3 Å². The SMILES string of the molecule is CC(C)c1cc(C(=O)O)n2ncnc2c1. The Morgan fingerprint density at radius 2 is 2.20 bits per heavy atom. The summed E-state index contributed by atoms with van der Waals surface area (Å²) in [5.41, 5.74) is 1.67. The largest absolute Gasteiger partial charge is 0.477 e. The van der Waals surface area contributed by atoms with E-state index in [4.69, 9.17) is 5.11 Å². The van der Waals surface area contributed by atoms with Gasteiger partial charge in [-0.2, -0.15) is 5.10 Å². The number of carboxylic acids is 1. The molecule has 2 aromatic heterocycles. The Hall–Kier alpha value is -1.91. The van der Waals surface area contributed by atoms with Crippen LogP contribution in [0.25, 0.3) is 5.65 Å². The molecule has 15 heavy (non-hydrogen) atoms. The Morgan fingerprint density at radius 1 is 1.47 bits per heavy atom. The third kappa shape index (κ3) is 1.56. The van der Waals surface area contributed by atoms with Gasteiger partial charge in [0, 0.05) is 0 Å². The maximum Gasteiger partial charge on any atom is 0.354 e. The molecule has 5 nitrogen and oxygen atoms in total. The van der Waals surface area contributed by atoms with Crippen LogP contribution in [0.5, 0.6) is 0 Å². The first-order valence-electron chi connectivity index (χ1n) is 4.66. The van der Waals surface area contributed by atoms with Gasteiger partial charge in [-0.05, 0) is 23.6 Å². The molecular weight excluding hydrogens is 194 g/mol. The molecule has 5 heteroatoms. The fourth-order valence-electron chi connectivity index (χ4n) is 1.43. The van der Waals surface area contributed by atoms with Gasteiger partial charge in [0.15, 0.2) is 11.3 Å². The molecule has 0 aliphatic heterocycles. The molecule has 0 saturated carbocycles. The van der Waals surface area contributed by atoms with E-state index in [0.29, 0.717) is 5.65 Å². The fourth-order valence-corrected chi connectivity index (χ4v) is 1.43. The molecule has 0 aliphatic rings. The normalized spacial score (nSPS) is 11.1. The lowest BCUT2D eigenvalue weighted by Gasteiger charge is -2.07. The van der Waals surface area contributed by atoms with Gasteiger partial charge in [0.2, 0.25) is 0 Å². The van der Waals surface area contributed by atoms with E-state index in [9.17, 15) is 4.79 Å². The number of hydrogen-bond donors (Lipinski definition) is 1. The summed E-state index contributed by atoms with van der Waals surface area (Å²) in [4.78, 5) is 15.0. The molecule has 0 spiro atoms. The lowest BCUT2D eigenvalue weighted by Crippen LogP contribution is -2.08. The average Bonchev–Trinajstić information content (AvgIpc) is 2.62. The first kappa shape index (κ1) is 9.64. The molecule has 0 radical (unpaired) electrons. The van der Waals surface area contributed by atoms with E-state index in [0.717, 1.165) is 5.56 Å². The summed E-state index contributed by atoms with van der Waals surface area (Å²) in [5.74, 6) is -0.724. The van der Waals surface area contributed by atoms with Gasteiger partial charge < -0.3 is 5.11 Å². The predicted molar refractivity (Wildman–Crippen MR) is 54.0 cm³/mol. The van der Waals surface area contributed by atoms with E-state index >= 15 is 0 Å². The zero-order valence-electron chi connectivity index (χ0n) is 8.51. The van der Waals surface area contributed by atoms with Gasteiger partial charge in [-0.3, -0.25) is 0 Å². The van der Waals surface area contributed by atoms with E-state index in [2.05, 4.69) is 10.1 Å². The van der Waals surface area contributed by atoms with Crippen molar-refractivity contribution >= 4 is 11.6 Å². The molecule has 78 valence electrons. The van der Waals surface area contributed by atoms with Crippen LogP contribution in [-0.2, 0) is 0 Å². The lowest BCUT2D eigenvalue weighted by atomic mass is 10.0. The Balaban J connectivity index is 2.74. The Morgan fingerprint density at radius 3 is 2.80 bits per heavy atom. The molecule has 0 aliphatic carbocycles. The quantitative estimate of drug-likeness (QED) is 0.807. The molecule has 0 aromatic carbocycles. The minimum absolute atomic E-state index is 0.147. The van der Waals surface area contributed by atoms with Crippen LogP contribution in [0.2, 0.25) is 0 Å². The minimum Gasteiger partial charge on any atom is -0.477 e. The van der Waals surface area contributed by atoms with Crippen LogP contribution >= 0.6 is 0 Å². The summed E-state index contributed by atoms with van der Waals surface area (Å²) in [5, 5.41) is 12.9. The van der Waals surface area contributed by atoms with E-state index in [1.54, 1.807) is 6.07 Å². The van der Waals surface area contributed by atoms with Crippen LogP contribution in [-0.4, -0.2) is 25.7 Å². The first-order chi connectivity index (χ1) is 7.09. The molecule has 1 N–H and O–H groups in total. The Bertz CT molecular complexity index is 516. The second kappa shape index (κ2) is 3.34. The number of nitrogens with zero attached hydrogens (tertiary/aromatic N) is 3. The van der Waals surface area contributed by atoms with Crippen LogP contribution in [0.3, 0.4) is 0 Å². The topological polar surface area (TPSA) is 67.5 Å². The molecule has 0 amide bonds. The molecule has 0 atom stereocenters. The fraction of sp³-hybridized carbons (Fsp3) is 0.300. The second-order valence-corrected chi connectivity index (χ2v) is 3.66. The van der Waals surface area contributed by atoms with E-state index in [-0.39, 0.29) is 11.6 Å². The summed E-state index contributed by atoms with van der Waals surface area (Å²) in [6.45, 7) is 4.02. The first-order valence-corrected chi connectivity index (χ1v) is 4.66. The number of aromatic carboxylic acids is 1. The second-order valence-electron chi connectivity index (χ2n) is 3.66. The zero-order valence-corrected chi connectivity index (χ0v) is 8.51. The molecule has 0 unspecified atom stereocenters. The van der Waals surface area contributed by atoms with Crippen molar-refractivity contribution in [3.05, 3.63) is 29.7 Å². The smallest absolute Gasteiger partial charge is 0.354 e. The summed E-state index contributed by atoms with van der Waals surface area (Å²) >= 11 is 0. The van der Waals surface area contributed by atoms with Crippen molar-refractivity contribution in [1.82, 2.24) is 14.6 Å². The molecule has 0 fully saturated rings. The number of carboxylic acid groups (broad SMARTS) is 1. The van der Waals surface area contributed by atoms with Crippen molar-refractivity contribution in [2.75, 3.05) is 0 Å². The van der Waals surface area contributed by atoms with Crippen molar-refractivity contribution in [3.8, 4) is 0 Å². The van der Waals surface area contributed by atoms with Gasteiger partial charge in [-0.15, -0.1) is 0 Å². The number of pyridine rings is 1. The van der Waals surface area contributed by atoms with Crippen molar-refractivity contribution in [2.45, 2.75) is 19.8 Å². The lowest BCUT2D eigenvalue weighted by molar-refractivity contribution is 0.0687. The summed E-state index contributed by atoms with van der Waals surface area (Å²) in [6.07, 6.45) is 1.35. The van der Waals surface area contributed by atoms with Crippen molar-refractivity contribution in [1.29, 1.82) is 0 Å². The number of fused-ring (bicyclic) bond motifs is 1. The van der Waals surface area contributed by atoms with Gasteiger partial charge in [-0.1, -0.05) is 13.8 Å². The maximum atomic E-state index is 11.0. The highest BCUT2D eigenvalue weighted by Crippen LogP contribution is 2.17. The van der Waals surface area contributed by atoms with Crippen molar-refractivity contribution in [2.24, 2.45) is 0 Å². The Labute approximate surface area is 86.4 Å². The maximum absolute atomic E-state index is 11.0. The average molecular weight is 205 g/mol. The molecule has 2 heterocycles. The molecule has 2 aromatic rings. The van der Waals surface area contributed by atoms with Crippen LogP contribution in [0.15, 0.2) is 18.5 Å². The van der Waals surface area contributed by atoms with Gasteiger partial charge in [0.25, 0.3) is 0 Å². The van der Waals surface area contributed by atoms with Gasteiger partial charge in [0.1, 0.15) is 6.33 Å².